The van der Waals surface area contributed by atoms with Crippen LogP contribution in [-0.2, 0) is 4.79 Å². The molecule has 0 bridgehead atoms. The largest absolute Gasteiger partial charge is 0.284 e. The van der Waals surface area contributed by atoms with Gasteiger partial charge >= 0.3 is 0 Å². The minimum atomic E-state index is -0.280. The molecule has 0 atom stereocenters. The summed E-state index contributed by atoms with van der Waals surface area (Å²) < 4.78 is 1.50. The summed E-state index contributed by atoms with van der Waals surface area (Å²) in [6, 6.07) is 22.7. The summed E-state index contributed by atoms with van der Waals surface area (Å²) in [5.41, 5.74) is 3.31. The van der Waals surface area contributed by atoms with Crippen LogP contribution in [0.2, 0.25) is 15.1 Å². The van der Waals surface area contributed by atoms with Crippen molar-refractivity contribution in [3.63, 3.8) is 0 Å². The third kappa shape index (κ3) is 3.76. The van der Waals surface area contributed by atoms with Gasteiger partial charge in [0.1, 0.15) is 0 Å². The van der Waals surface area contributed by atoms with Gasteiger partial charge in [0, 0.05) is 28.0 Å². The highest BCUT2D eigenvalue weighted by molar-refractivity contribution is 6.44. The molecule has 4 aromatic rings. The summed E-state index contributed by atoms with van der Waals surface area (Å²) in [5, 5.41) is 1.29. The fraction of sp³-hybridized carbons (Fsp3) is 0. The van der Waals surface area contributed by atoms with Gasteiger partial charge in [-0.1, -0.05) is 59.1 Å². The number of amides is 1. The van der Waals surface area contributed by atoms with E-state index in [-0.39, 0.29) is 11.8 Å². The van der Waals surface area contributed by atoms with Crippen LogP contribution >= 0.6 is 34.8 Å². The second kappa shape index (κ2) is 8.56. The highest BCUT2D eigenvalue weighted by Gasteiger charge is 2.35. The van der Waals surface area contributed by atoms with Crippen molar-refractivity contribution in [2.75, 3.05) is 4.90 Å². The predicted octanol–water partition coefficient (Wildman–Crippen LogP) is 7.36. The van der Waals surface area contributed by atoms with Crippen LogP contribution in [0, 0.1) is 0 Å². The number of fused-ring (bicyclic) bond motifs is 1. The number of anilines is 2. The monoisotopic (exact) mass is 492 g/mol. The number of aromatic nitrogens is 1. The lowest BCUT2D eigenvalue weighted by Crippen LogP contribution is -2.21. The lowest BCUT2D eigenvalue weighted by atomic mass is 10.1. The van der Waals surface area contributed by atoms with E-state index in [1.54, 1.807) is 66.9 Å². The van der Waals surface area contributed by atoms with Gasteiger partial charge in [0.2, 0.25) is 0 Å². The molecule has 1 amide bonds. The van der Waals surface area contributed by atoms with Gasteiger partial charge in [-0.25, -0.2) is 0 Å². The van der Waals surface area contributed by atoms with Crippen molar-refractivity contribution in [2.24, 2.45) is 0 Å². The molecule has 162 valence electrons. The molecule has 4 nitrogen and oxygen atoms in total. The maximum Gasteiger partial charge on any atom is 0.263 e. The van der Waals surface area contributed by atoms with Crippen molar-refractivity contribution in [3.8, 4) is 0 Å². The fourth-order valence-electron chi connectivity index (χ4n) is 3.88. The second-order valence-electron chi connectivity index (χ2n) is 7.40. The summed E-state index contributed by atoms with van der Waals surface area (Å²) in [4.78, 5) is 28.2. The third-order valence-electron chi connectivity index (χ3n) is 5.41. The van der Waals surface area contributed by atoms with Crippen LogP contribution in [0.3, 0.4) is 0 Å². The number of benzene rings is 3. The number of rotatable bonds is 3. The van der Waals surface area contributed by atoms with Crippen molar-refractivity contribution in [2.45, 2.75) is 0 Å². The van der Waals surface area contributed by atoms with Crippen LogP contribution in [0.1, 0.15) is 21.6 Å². The molecule has 0 unspecified atom stereocenters. The Balaban J connectivity index is 1.61. The van der Waals surface area contributed by atoms with Gasteiger partial charge in [0.25, 0.3) is 11.8 Å². The molecule has 0 radical (unpaired) electrons. The minimum absolute atomic E-state index is 0.228. The molecule has 1 aromatic heterocycles. The molecule has 5 rings (SSSR count). The number of para-hydroxylation sites is 2. The Kier molecular flexibility index (Phi) is 5.59. The van der Waals surface area contributed by atoms with Gasteiger partial charge in [-0.2, -0.15) is 0 Å². The van der Waals surface area contributed by atoms with E-state index in [4.69, 9.17) is 34.8 Å². The first kappa shape index (κ1) is 21.5. The first-order valence-electron chi connectivity index (χ1n) is 10.0. The van der Waals surface area contributed by atoms with Crippen molar-refractivity contribution in [1.82, 2.24) is 4.57 Å². The average Bonchev–Trinajstić information content (AvgIpc) is 3.38. The maximum atomic E-state index is 13.6. The lowest BCUT2D eigenvalue weighted by molar-refractivity contribution is -0.112. The van der Waals surface area contributed by atoms with Gasteiger partial charge in [-0.15, -0.1) is 0 Å². The summed E-state index contributed by atoms with van der Waals surface area (Å²) in [7, 11) is 0. The van der Waals surface area contributed by atoms with E-state index in [1.807, 2.05) is 24.3 Å². The van der Waals surface area contributed by atoms with Crippen LogP contribution in [-0.4, -0.2) is 16.4 Å². The SMILES string of the molecule is O=C1/C(=C\c2cccn2C(=O)c2ccc(Cl)cc2)c2ccccc2N1c1c(Cl)cccc1Cl. The second-order valence-corrected chi connectivity index (χ2v) is 8.65. The van der Waals surface area contributed by atoms with Crippen LogP contribution in [0.25, 0.3) is 11.6 Å². The Hall–Kier alpha value is -3.31. The smallest absolute Gasteiger partial charge is 0.263 e. The van der Waals surface area contributed by atoms with E-state index in [2.05, 4.69) is 0 Å². The van der Waals surface area contributed by atoms with Crippen molar-refractivity contribution in [3.05, 3.63) is 117 Å². The molecule has 0 spiro atoms. The molecule has 0 aliphatic carbocycles. The van der Waals surface area contributed by atoms with Gasteiger partial charge in [0.05, 0.1) is 27.0 Å². The molecule has 1 aliphatic rings. The molecule has 1 aliphatic heterocycles. The van der Waals surface area contributed by atoms with Crippen LogP contribution in [0.15, 0.2) is 85.1 Å². The van der Waals surface area contributed by atoms with Crippen LogP contribution < -0.4 is 4.90 Å². The zero-order chi connectivity index (χ0) is 23.1. The van der Waals surface area contributed by atoms with Gasteiger partial charge in [-0.05, 0) is 60.7 Å². The molecule has 0 saturated heterocycles. The summed E-state index contributed by atoms with van der Waals surface area (Å²) >= 11 is 18.8. The summed E-state index contributed by atoms with van der Waals surface area (Å²) in [5.74, 6) is -0.508. The Morgan fingerprint density at radius 3 is 2.21 bits per heavy atom. The quantitative estimate of drug-likeness (QED) is 0.280. The lowest BCUT2D eigenvalue weighted by Gasteiger charge is -2.20. The number of hydrogen-bond acceptors (Lipinski definition) is 2. The summed E-state index contributed by atoms with van der Waals surface area (Å²) in [6.45, 7) is 0. The van der Waals surface area contributed by atoms with E-state index in [9.17, 15) is 9.59 Å². The molecular weight excluding hydrogens is 479 g/mol. The van der Waals surface area contributed by atoms with Gasteiger partial charge in [-0.3, -0.25) is 19.1 Å². The average molecular weight is 494 g/mol. The minimum Gasteiger partial charge on any atom is -0.284 e. The van der Waals surface area contributed by atoms with Crippen molar-refractivity contribution < 1.29 is 9.59 Å². The summed E-state index contributed by atoms with van der Waals surface area (Å²) in [6.07, 6.45) is 3.37. The highest BCUT2D eigenvalue weighted by atomic mass is 35.5. The van der Waals surface area contributed by atoms with Crippen LogP contribution in [0.4, 0.5) is 11.4 Å². The predicted molar refractivity (Wildman–Crippen MR) is 134 cm³/mol. The first-order chi connectivity index (χ1) is 16.0. The Morgan fingerprint density at radius 2 is 1.48 bits per heavy atom. The topological polar surface area (TPSA) is 42.3 Å². The molecule has 3 aromatic carbocycles. The number of carbonyl (C=O) groups excluding carboxylic acids is 2. The standard InChI is InChI=1S/C26H15Cl3N2O2/c27-17-12-10-16(11-13-17)25(32)30-14-4-5-18(30)15-20-19-6-1-2-9-23(19)31(26(20)33)24-21(28)7-3-8-22(24)29/h1-15H/b20-15-. The molecule has 2 heterocycles. The number of nitrogens with zero attached hydrogens (tertiary/aromatic N) is 2. The molecule has 0 saturated carbocycles. The van der Waals surface area contributed by atoms with Gasteiger partial charge < -0.3 is 0 Å². The van der Waals surface area contributed by atoms with Crippen molar-refractivity contribution >= 4 is 69.6 Å². The number of halogens is 3. The zero-order valence-electron chi connectivity index (χ0n) is 17.0. The zero-order valence-corrected chi connectivity index (χ0v) is 19.3. The Morgan fingerprint density at radius 1 is 0.788 bits per heavy atom. The van der Waals surface area contributed by atoms with E-state index in [0.717, 1.165) is 5.56 Å². The Labute approximate surface area is 205 Å². The molecular formula is C26H15Cl3N2O2. The third-order valence-corrected chi connectivity index (χ3v) is 6.27. The van der Waals surface area contributed by atoms with Crippen LogP contribution in [0.5, 0.6) is 0 Å². The molecule has 0 N–H and O–H groups in total. The maximum absolute atomic E-state index is 13.6. The van der Waals surface area contributed by atoms with Crippen molar-refractivity contribution in [1.29, 1.82) is 0 Å². The van der Waals surface area contributed by atoms with E-state index < -0.39 is 0 Å². The van der Waals surface area contributed by atoms with E-state index in [1.165, 1.54) is 9.47 Å². The van der Waals surface area contributed by atoms with Gasteiger partial charge in [0.15, 0.2) is 0 Å². The number of hydrogen-bond donors (Lipinski definition) is 0. The first-order valence-corrected chi connectivity index (χ1v) is 11.2. The Bertz CT molecular complexity index is 1420. The fourth-order valence-corrected chi connectivity index (χ4v) is 4.57. The number of carbonyl (C=O) groups is 2. The molecule has 7 heteroatoms. The normalized spacial score (nSPS) is 14.1. The van der Waals surface area contributed by atoms with E-state index >= 15 is 0 Å². The molecule has 0 fully saturated rings. The van der Waals surface area contributed by atoms with E-state index in [0.29, 0.717) is 43.3 Å². The molecule has 33 heavy (non-hydrogen) atoms. The highest BCUT2D eigenvalue weighted by Crippen LogP contribution is 2.46.